The number of fused-ring (bicyclic) bond motifs is 7. The summed E-state index contributed by atoms with van der Waals surface area (Å²) in [5.41, 5.74) is 6.38. The standard InChI is InChI=1S/C26H19NS/c1-16-8-11-22-21(15-16)25-23(27(22)18-6-4-3-5-7-18)12-10-19-20-14-17(2)9-13-24(20)28-26(19)25/h3-15H,1-2H3. The van der Waals surface area contributed by atoms with Crippen molar-refractivity contribution < 1.29 is 0 Å². The van der Waals surface area contributed by atoms with Gasteiger partial charge < -0.3 is 4.57 Å². The zero-order valence-corrected chi connectivity index (χ0v) is 16.7. The predicted molar refractivity (Wildman–Crippen MR) is 123 cm³/mol. The normalized spacial score (nSPS) is 11.9. The number of aromatic nitrogens is 1. The van der Waals surface area contributed by atoms with Crippen LogP contribution >= 0.6 is 11.3 Å². The Hall–Kier alpha value is -3.10. The van der Waals surface area contributed by atoms with Crippen molar-refractivity contribution >= 4 is 53.3 Å². The third kappa shape index (κ3) is 2.12. The van der Waals surface area contributed by atoms with Crippen molar-refractivity contribution in [3.8, 4) is 5.69 Å². The van der Waals surface area contributed by atoms with Crippen LogP contribution in [0.3, 0.4) is 0 Å². The fraction of sp³-hybridized carbons (Fsp3) is 0.0769. The van der Waals surface area contributed by atoms with Crippen molar-refractivity contribution in [1.29, 1.82) is 0 Å². The van der Waals surface area contributed by atoms with Gasteiger partial charge in [0.05, 0.1) is 11.0 Å². The van der Waals surface area contributed by atoms with Gasteiger partial charge >= 0.3 is 0 Å². The second-order valence-corrected chi connectivity index (χ2v) is 8.68. The van der Waals surface area contributed by atoms with Crippen molar-refractivity contribution in [2.75, 3.05) is 0 Å². The van der Waals surface area contributed by atoms with Gasteiger partial charge in [-0.2, -0.15) is 0 Å². The molecule has 0 N–H and O–H groups in total. The zero-order chi connectivity index (χ0) is 18.8. The highest BCUT2D eigenvalue weighted by atomic mass is 32.1. The number of rotatable bonds is 1. The summed E-state index contributed by atoms with van der Waals surface area (Å²) in [5, 5.41) is 5.45. The van der Waals surface area contributed by atoms with Crippen molar-refractivity contribution in [2.24, 2.45) is 0 Å². The van der Waals surface area contributed by atoms with E-state index >= 15 is 0 Å². The molecule has 0 unspecified atom stereocenters. The average molecular weight is 378 g/mol. The topological polar surface area (TPSA) is 4.93 Å². The van der Waals surface area contributed by atoms with Gasteiger partial charge in [0.25, 0.3) is 0 Å². The van der Waals surface area contributed by atoms with Crippen LogP contribution in [0.2, 0.25) is 0 Å². The lowest BCUT2D eigenvalue weighted by Gasteiger charge is -2.07. The molecule has 0 aliphatic rings. The maximum atomic E-state index is 2.40. The van der Waals surface area contributed by atoms with E-state index in [0.717, 1.165) is 0 Å². The molecular formula is C26H19NS. The fourth-order valence-corrected chi connectivity index (χ4v) is 5.66. The molecule has 0 atom stereocenters. The molecule has 0 aliphatic carbocycles. The summed E-state index contributed by atoms with van der Waals surface area (Å²) < 4.78 is 5.16. The Morgan fingerprint density at radius 1 is 0.643 bits per heavy atom. The molecular weight excluding hydrogens is 358 g/mol. The van der Waals surface area contributed by atoms with E-state index in [1.54, 1.807) is 0 Å². The van der Waals surface area contributed by atoms with E-state index in [1.807, 2.05) is 11.3 Å². The van der Waals surface area contributed by atoms with Crippen LogP contribution in [0.4, 0.5) is 0 Å². The highest BCUT2D eigenvalue weighted by Gasteiger charge is 2.17. The molecule has 0 amide bonds. The van der Waals surface area contributed by atoms with Gasteiger partial charge in [-0.05, 0) is 56.3 Å². The molecule has 0 saturated heterocycles. The van der Waals surface area contributed by atoms with E-state index in [2.05, 4.69) is 97.3 Å². The van der Waals surface area contributed by atoms with Crippen molar-refractivity contribution in [3.05, 3.63) is 90.0 Å². The van der Waals surface area contributed by atoms with Gasteiger partial charge in [-0.3, -0.25) is 0 Å². The van der Waals surface area contributed by atoms with Crippen molar-refractivity contribution in [3.63, 3.8) is 0 Å². The molecule has 0 fully saturated rings. The molecule has 2 heteroatoms. The smallest absolute Gasteiger partial charge is 0.0555 e. The monoisotopic (exact) mass is 377 g/mol. The fourth-order valence-electron chi connectivity index (χ4n) is 4.42. The van der Waals surface area contributed by atoms with E-state index in [1.165, 1.54) is 58.8 Å². The van der Waals surface area contributed by atoms with Crippen molar-refractivity contribution in [1.82, 2.24) is 4.57 Å². The first-order valence-electron chi connectivity index (χ1n) is 9.63. The predicted octanol–water partition coefficient (Wildman–Crippen LogP) is 7.77. The van der Waals surface area contributed by atoms with Crippen LogP contribution in [0.25, 0.3) is 47.7 Å². The van der Waals surface area contributed by atoms with Gasteiger partial charge in [-0.15, -0.1) is 11.3 Å². The highest BCUT2D eigenvalue weighted by Crippen LogP contribution is 2.43. The lowest BCUT2D eigenvalue weighted by Crippen LogP contribution is -1.92. The number of nitrogens with zero attached hydrogens (tertiary/aromatic N) is 1. The van der Waals surface area contributed by atoms with Gasteiger partial charge in [0, 0.05) is 36.6 Å². The summed E-state index contributed by atoms with van der Waals surface area (Å²) in [6, 6.07) is 28.9. The summed E-state index contributed by atoms with van der Waals surface area (Å²) in [5.74, 6) is 0. The Morgan fingerprint density at radius 2 is 1.36 bits per heavy atom. The largest absolute Gasteiger partial charge is 0.309 e. The maximum absolute atomic E-state index is 2.40. The van der Waals surface area contributed by atoms with Crippen LogP contribution in [0, 0.1) is 13.8 Å². The van der Waals surface area contributed by atoms with Gasteiger partial charge in [-0.25, -0.2) is 0 Å². The van der Waals surface area contributed by atoms with Gasteiger partial charge in [-0.1, -0.05) is 47.5 Å². The summed E-state index contributed by atoms with van der Waals surface area (Å²) in [4.78, 5) is 0. The zero-order valence-electron chi connectivity index (χ0n) is 15.9. The Bertz CT molecular complexity index is 1520. The summed E-state index contributed by atoms with van der Waals surface area (Å²) >= 11 is 1.92. The first kappa shape index (κ1) is 15.9. The molecule has 0 aliphatic heterocycles. The van der Waals surface area contributed by atoms with E-state index in [0.29, 0.717) is 0 Å². The first-order valence-corrected chi connectivity index (χ1v) is 10.4. The number of benzene rings is 4. The van der Waals surface area contributed by atoms with E-state index in [9.17, 15) is 0 Å². The van der Waals surface area contributed by atoms with Crippen LogP contribution in [0.15, 0.2) is 78.9 Å². The lowest BCUT2D eigenvalue weighted by atomic mass is 10.1. The highest BCUT2D eigenvalue weighted by molar-refractivity contribution is 7.26. The molecule has 0 radical (unpaired) electrons. The number of hydrogen-bond donors (Lipinski definition) is 0. The maximum Gasteiger partial charge on any atom is 0.0555 e. The molecule has 4 aromatic carbocycles. The third-order valence-corrected chi connectivity index (χ3v) is 6.89. The van der Waals surface area contributed by atoms with E-state index in [4.69, 9.17) is 0 Å². The van der Waals surface area contributed by atoms with Crippen LogP contribution in [-0.4, -0.2) is 4.57 Å². The Morgan fingerprint density at radius 3 is 2.18 bits per heavy atom. The number of hydrogen-bond acceptors (Lipinski definition) is 1. The van der Waals surface area contributed by atoms with Gasteiger partial charge in [0.2, 0.25) is 0 Å². The van der Waals surface area contributed by atoms with Gasteiger partial charge in [0.15, 0.2) is 0 Å². The Kier molecular flexibility index (Phi) is 3.24. The van der Waals surface area contributed by atoms with Crippen molar-refractivity contribution in [2.45, 2.75) is 13.8 Å². The minimum Gasteiger partial charge on any atom is -0.309 e. The van der Waals surface area contributed by atoms with Crippen LogP contribution < -0.4 is 0 Å². The second-order valence-electron chi connectivity index (χ2n) is 7.63. The molecule has 6 rings (SSSR count). The van der Waals surface area contributed by atoms with Crippen LogP contribution in [0.1, 0.15) is 11.1 Å². The number of thiophene rings is 1. The van der Waals surface area contributed by atoms with E-state index < -0.39 is 0 Å². The second kappa shape index (κ2) is 5.70. The molecule has 0 saturated carbocycles. The average Bonchev–Trinajstić information content (AvgIpc) is 3.23. The minimum absolute atomic E-state index is 1.21. The van der Waals surface area contributed by atoms with E-state index in [-0.39, 0.29) is 0 Å². The first-order chi connectivity index (χ1) is 13.7. The summed E-state index contributed by atoms with van der Waals surface area (Å²) in [6.45, 7) is 4.35. The molecule has 0 bridgehead atoms. The SMILES string of the molecule is Cc1ccc2sc3c(ccc4c3c3cc(C)ccc3n4-c3ccccc3)c2c1. The minimum atomic E-state index is 1.21. The molecule has 2 aromatic heterocycles. The summed E-state index contributed by atoms with van der Waals surface area (Å²) in [7, 11) is 0. The molecule has 1 nitrogen and oxygen atoms in total. The lowest BCUT2D eigenvalue weighted by molar-refractivity contribution is 1.18. The number of para-hydroxylation sites is 1. The molecule has 2 heterocycles. The van der Waals surface area contributed by atoms with Crippen LogP contribution in [0.5, 0.6) is 0 Å². The third-order valence-electron chi connectivity index (χ3n) is 5.69. The Labute approximate surface area is 167 Å². The summed E-state index contributed by atoms with van der Waals surface area (Å²) in [6.07, 6.45) is 0. The molecule has 6 aromatic rings. The molecule has 28 heavy (non-hydrogen) atoms. The number of aryl methyl sites for hydroxylation is 2. The van der Waals surface area contributed by atoms with Gasteiger partial charge in [0.1, 0.15) is 0 Å². The Balaban J connectivity index is 1.87. The van der Waals surface area contributed by atoms with Crippen LogP contribution in [-0.2, 0) is 0 Å². The molecule has 0 spiro atoms. The molecule has 134 valence electrons. The quantitative estimate of drug-likeness (QED) is 0.276.